The number of aromatic nitrogens is 1. The van der Waals surface area contributed by atoms with Crippen molar-refractivity contribution in [1.82, 2.24) is 4.57 Å². The van der Waals surface area contributed by atoms with Crippen molar-refractivity contribution in [3.63, 3.8) is 0 Å². The molecule has 0 aliphatic heterocycles. The molecule has 0 amide bonds. The highest BCUT2D eigenvalue weighted by atomic mass is 32.1. The van der Waals surface area contributed by atoms with Crippen LogP contribution >= 0.6 is 11.3 Å². The van der Waals surface area contributed by atoms with Gasteiger partial charge in [0.1, 0.15) is 0 Å². The highest BCUT2D eigenvalue weighted by Crippen LogP contribution is 2.49. The second kappa shape index (κ2) is 11.2. The van der Waals surface area contributed by atoms with Gasteiger partial charge >= 0.3 is 0 Å². The van der Waals surface area contributed by atoms with E-state index in [0.29, 0.717) is 0 Å². The molecule has 0 saturated carbocycles. The van der Waals surface area contributed by atoms with Crippen molar-refractivity contribution in [3.05, 3.63) is 182 Å². The quantitative estimate of drug-likeness (QED) is 0.181. The normalized spacial score (nSPS) is 11.7. The standard InChI is InChI=1S/C46H30N2S/c1-2-14-31(15-3-1)33-17-12-18-34(30-33)47(41-25-13-27-44-45(41)38-22-8-11-26-43(38)49-44)46-35-19-5-4-16-32(35)28-29-42(46)48-39-23-9-6-20-36(39)37-21-7-10-24-40(37)48/h1-30H. The third-order valence-corrected chi connectivity index (χ3v) is 10.9. The number of rotatable bonds is 5. The molecule has 230 valence electrons. The minimum atomic E-state index is 1.11. The van der Waals surface area contributed by atoms with E-state index in [0.717, 1.165) is 17.1 Å². The van der Waals surface area contributed by atoms with E-state index >= 15 is 0 Å². The van der Waals surface area contributed by atoms with E-state index in [1.165, 1.54) is 69.6 Å². The summed E-state index contributed by atoms with van der Waals surface area (Å²) in [6, 6.07) is 66.3. The van der Waals surface area contributed by atoms with Gasteiger partial charge in [-0.05, 0) is 65.0 Å². The van der Waals surface area contributed by atoms with Crippen LogP contribution < -0.4 is 4.90 Å². The van der Waals surface area contributed by atoms with E-state index in [2.05, 4.69) is 191 Å². The van der Waals surface area contributed by atoms with Crippen LogP contribution in [0.1, 0.15) is 0 Å². The molecule has 0 fully saturated rings. The summed E-state index contributed by atoms with van der Waals surface area (Å²) in [6.45, 7) is 0. The maximum absolute atomic E-state index is 2.52. The molecule has 0 unspecified atom stereocenters. The predicted octanol–water partition coefficient (Wildman–Crippen LogP) is 13.4. The van der Waals surface area contributed by atoms with Crippen molar-refractivity contribution in [3.8, 4) is 16.8 Å². The molecule has 3 heteroatoms. The van der Waals surface area contributed by atoms with Crippen molar-refractivity contribution >= 4 is 81.1 Å². The van der Waals surface area contributed by atoms with Gasteiger partial charge in [-0.1, -0.05) is 133 Å². The van der Waals surface area contributed by atoms with Crippen molar-refractivity contribution in [2.75, 3.05) is 4.90 Å². The molecule has 0 N–H and O–H groups in total. The van der Waals surface area contributed by atoms with Crippen molar-refractivity contribution < 1.29 is 0 Å². The number of nitrogens with zero attached hydrogens (tertiary/aromatic N) is 2. The van der Waals surface area contributed by atoms with E-state index < -0.39 is 0 Å². The van der Waals surface area contributed by atoms with Gasteiger partial charge in [0.25, 0.3) is 0 Å². The van der Waals surface area contributed by atoms with Gasteiger partial charge in [0, 0.05) is 42.0 Å². The molecule has 2 aromatic heterocycles. The fourth-order valence-corrected chi connectivity index (χ4v) is 8.75. The van der Waals surface area contributed by atoms with E-state index in [1.807, 2.05) is 11.3 Å². The predicted molar refractivity (Wildman–Crippen MR) is 211 cm³/mol. The Morgan fingerprint density at radius 1 is 0.429 bits per heavy atom. The molecule has 0 aliphatic carbocycles. The molecule has 2 nitrogen and oxygen atoms in total. The number of anilines is 3. The molecular weight excluding hydrogens is 613 g/mol. The maximum Gasteiger partial charge on any atom is 0.0781 e. The molecule has 0 radical (unpaired) electrons. The Bertz CT molecular complexity index is 2790. The Morgan fingerprint density at radius 3 is 1.84 bits per heavy atom. The molecule has 0 bridgehead atoms. The minimum Gasteiger partial charge on any atom is -0.307 e. The van der Waals surface area contributed by atoms with Crippen LogP contribution in [0.2, 0.25) is 0 Å². The van der Waals surface area contributed by atoms with Crippen LogP contribution in [0.4, 0.5) is 17.1 Å². The first-order chi connectivity index (χ1) is 24.3. The molecule has 10 aromatic rings. The Hall–Kier alpha value is -6.16. The van der Waals surface area contributed by atoms with Crippen LogP contribution in [0.5, 0.6) is 0 Å². The number of hydrogen-bond donors (Lipinski definition) is 0. The largest absolute Gasteiger partial charge is 0.307 e. The zero-order valence-electron chi connectivity index (χ0n) is 26.6. The van der Waals surface area contributed by atoms with E-state index in [9.17, 15) is 0 Å². The molecule has 0 atom stereocenters. The second-order valence-electron chi connectivity index (χ2n) is 12.5. The zero-order valence-corrected chi connectivity index (χ0v) is 27.4. The van der Waals surface area contributed by atoms with Crippen LogP contribution in [0, 0.1) is 0 Å². The van der Waals surface area contributed by atoms with Crippen LogP contribution in [0.25, 0.3) is 69.6 Å². The number of hydrogen-bond acceptors (Lipinski definition) is 2. The summed E-state index contributed by atoms with van der Waals surface area (Å²) < 4.78 is 5.04. The molecule has 0 spiro atoms. The van der Waals surface area contributed by atoms with Gasteiger partial charge in [-0.3, -0.25) is 0 Å². The monoisotopic (exact) mass is 642 g/mol. The highest BCUT2D eigenvalue weighted by Gasteiger charge is 2.25. The number of benzene rings is 8. The van der Waals surface area contributed by atoms with E-state index in [1.54, 1.807) is 0 Å². The first kappa shape index (κ1) is 27.9. The first-order valence-electron chi connectivity index (χ1n) is 16.7. The molecule has 0 saturated heterocycles. The average molecular weight is 643 g/mol. The van der Waals surface area contributed by atoms with Crippen LogP contribution in [0.15, 0.2) is 182 Å². The minimum absolute atomic E-state index is 1.11. The highest BCUT2D eigenvalue weighted by molar-refractivity contribution is 7.26. The number of thiophene rings is 1. The van der Waals surface area contributed by atoms with E-state index in [4.69, 9.17) is 0 Å². The summed E-state index contributed by atoms with van der Waals surface area (Å²) in [5.41, 5.74) is 9.33. The van der Waals surface area contributed by atoms with Gasteiger partial charge in [-0.15, -0.1) is 11.3 Å². The Kier molecular flexibility index (Phi) is 6.39. The summed E-state index contributed by atoms with van der Waals surface area (Å²) in [5, 5.41) is 7.45. The average Bonchev–Trinajstić information content (AvgIpc) is 3.72. The molecule has 10 rings (SSSR count). The summed E-state index contributed by atoms with van der Waals surface area (Å²) in [7, 11) is 0. The molecule has 8 aromatic carbocycles. The molecule has 2 heterocycles. The van der Waals surface area contributed by atoms with Crippen LogP contribution in [-0.4, -0.2) is 4.57 Å². The lowest BCUT2D eigenvalue weighted by atomic mass is 10.0. The lowest BCUT2D eigenvalue weighted by molar-refractivity contribution is 1.16. The Balaban J connectivity index is 1.37. The Labute approximate surface area is 288 Å². The number of fused-ring (bicyclic) bond motifs is 7. The van der Waals surface area contributed by atoms with Crippen molar-refractivity contribution in [2.45, 2.75) is 0 Å². The first-order valence-corrected chi connectivity index (χ1v) is 17.5. The zero-order chi connectivity index (χ0) is 32.3. The van der Waals surface area contributed by atoms with Crippen molar-refractivity contribution in [2.24, 2.45) is 0 Å². The fourth-order valence-electron chi connectivity index (χ4n) is 7.63. The number of para-hydroxylation sites is 2. The molecular formula is C46H30N2S. The third-order valence-electron chi connectivity index (χ3n) is 9.76. The van der Waals surface area contributed by atoms with Crippen LogP contribution in [0.3, 0.4) is 0 Å². The Morgan fingerprint density at radius 2 is 1.04 bits per heavy atom. The lowest BCUT2D eigenvalue weighted by Crippen LogP contribution is -2.14. The van der Waals surface area contributed by atoms with Gasteiger partial charge in [0.15, 0.2) is 0 Å². The summed E-state index contributed by atoms with van der Waals surface area (Å²) in [4.78, 5) is 2.52. The van der Waals surface area contributed by atoms with Gasteiger partial charge in [-0.25, -0.2) is 0 Å². The van der Waals surface area contributed by atoms with Crippen LogP contribution in [-0.2, 0) is 0 Å². The summed E-state index contributed by atoms with van der Waals surface area (Å²) >= 11 is 1.86. The smallest absolute Gasteiger partial charge is 0.0781 e. The fraction of sp³-hybridized carbons (Fsp3) is 0. The summed E-state index contributed by atoms with van der Waals surface area (Å²) in [6.07, 6.45) is 0. The summed E-state index contributed by atoms with van der Waals surface area (Å²) in [5.74, 6) is 0. The van der Waals surface area contributed by atoms with Gasteiger partial charge in [-0.2, -0.15) is 0 Å². The third kappa shape index (κ3) is 4.40. The topological polar surface area (TPSA) is 8.17 Å². The molecule has 49 heavy (non-hydrogen) atoms. The van der Waals surface area contributed by atoms with Crippen molar-refractivity contribution in [1.29, 1.82) is 0 Å². The molecule has 0 aliphatic rings. The second-order valence-corrected chi connectivity index (χ2v) is 13.6. The van der Waals surface area contributed by atoms with Gasteiger partial charge < -0.3 is 9.47 Å². The van der Waals surface area contributed by atoms with E-state index in [-0.39, 0.29) is 0 Å². The van der Waals surface area contributed by atoms with Gasteiger partial charge in [0.2, 0.25) is 0 Å². The maximum atomic E-state index is 2.52. The SMILES string of the molecule is c1ccc(-c2cccc(N(c3c(-n4c5ccccc5c5ccccc54)ccc4ccccc34)c3cccc4sc5ccccc5c34)c2)cc1. The van der Waals surface area contributed by atoms with Gasteiger partial charge in [0.05, 0.1) is 28.1 Å². The lowest BCUT2D eigenvalue weighted by Gasteiger charge is -2.31.